The number of carbonyl (C=O) groups is 2. The van der Waals surface area contributed by atoms with Crippen LogP contribution in [-0.2, 0) is 19.1 Å². The van der Waals surface area contributed by atoms with Gasteiger partial charge in [0.05, 0.1) is 12.2 Å². The number of amides is 2. The monoisotopic (exact) mass is 594 g/mol. The summed E-state index contributed by atoms with van der Waals surface area (Å²) in [5.74, 6) is 0. The first-order chi connectivity index (χ1) is 19.6. The molecule has 0 aromatic rings. The highest BCUT2D eigenvalue weighted by Crippen LogP contribution is 2.42. The van der Waals surface area contributed by atoms with Crippen molar-refractivity contribution in [3.05, 3.63) is 0 Å². The van der Waals surface area contributed by atoms with Gasteiger partial charge in [0, 0.05) is 47.8 Å². The Bertz CT molecular complexity index is 816. The lowest BCUT2D eigenvalue weighted by Crippen LogP contribution is -2.63. The van der Waals surface area contributed by atoms with Gasteiger partial charge >= 0.3 is 12.2 Å². The minimum atomic E-state index is -0.693. The summed E-state index contributed by atoms with van der Waals surface area (Å²) in [6.45, 7) is 17.1. The minimum absolute atomic E-state index is 0.251. The first kappa shape index (κ1) is 33.3. The van der Waals surface area contributed by atoms with Crippen LogP contribution in [0.4, 0.5) is 9.59 Å². The third-order valence-corrected chi connectivity index (χ3v) is 9.54. The number of carbonyl (C=O) groups excluding carboxylic acids is 2. The Hall–Kier alpha value is -1.62. The topological polar surface area (TPSA) is 102 Å². The zero-order valence-electron chi connectivity index (χ0n) is 27.6. The van der Waals surface area contributed by atoms with E-state index in [1.807, 2.05) is 0 Å². The van der Waals surface area contributed by atoms with Crippen LogP contribution >= 0.6 is 0 Å². The lowest BCUT2D eigenvalue weighted by Gasteiger charge is -2.54. The van der Waals surface area contributed by atoms with E-state index in [9.17, 15) is 9.59 Å². The van der Waals surface area contributed by atoms with Crippen molar-refractivity contribution in [2.75, 3.05) is 0 Å². The van der Waals surface area contributed by atoms with Gasteiger partial charge in [0.1, 0.15) is 12.2 Å². The molecule has 10 nitrogen and oxygen atoms in total. The van der Waals surface area contributed by atoms with E-state index in [1.54, 1.807) is 0 Å². The van der Waals surface area contributed by atoms with Gasteiger partial charge in [0.25, 0.3) is 0 Å². The van der Waals surface area contributed by atoms with Crippen LogP contribution in [0.15, 0.2) is 0 Å². The van der Waals surface area contributed by atoms with Crippen molar-refractivity contribution < 1.29 is 28.7 Å². The van der Waals surface area contributed by atoms with Gasteiger partial charge in [-0.05, 0) is 81.1 Å². The molecule has 2 aliphatic carbocycles. The van der Waals surface area contributed by atoms with Crippen molar-refractivity contribution in [2.45, 2.75) is 192 Å². The molecule has 4 rings (SSSR count). The Balaban J connectivity index is 1.23. The molecule has 0 spiro atoms. The van der Waals surface area contributed by atoms with Gasteiger partial charge in [-0.25, -0.2) is 20.4 Å². The van der Waals surface area contributed by atoms with Crippen LogP contribution in [0, 0.1) is 0 Å². The summed E-state index contributed by atoms with van der Waals surface area (Å²) >= 11 is 0. The second-order valence-corrected chi connectivity index (χ2v) is 15.7. The third kappa shape index (κ3) is 8.51. The lowest BCUT2D eigenvalue weighted by atomic mass is 9.80. The molecule has 0 bridgehead atoms. The molecular weight excluding hydrogens is 536 g/mol. The summed E-state index contributed by atoms with van der Waals surface area (Å²) in [5.41, 5.74) is 3.52. The summed E-state index contributed by atoms with van der Waals surface area (Å²) in [6, 6.07) is 0. The number of ether oxygens (including phenoxy) is 2. The van der Waals surface area contributed by atoms with Crippen LogP contribution in [0.2, 0.25) is 0 Å². The van der Waals surface area contributed by atoms with Gasteiger partial charge in [-0.1, -0.05) is 38.5 Å². The SMILES string of the molecule is CC1(C)CC(OC(=O)NNC(=O)OC2CC(C)(C)N(OC3CCCCC3)C(C)(C)C2)CC(C)(C)N1OC1CCCCC1. The molecule has 0 aromatic heterocycles. The Morgan fingerprint density at radius 1 is 0.500 bits per heavy atom. The predicted molar refractivity (Wildman–Crippen MR) is 161 cm³/mol. The molecule has 42 heavy (non-hydrogen) atoms. The molecule has 2 aliphatic heterocycles. The van der Waals surface area contributed by atoms with Crippen molar-refractivity contribution in [1.29, 1.82) is 0 Å². The summed E-state index contributed by atoms with van der Waals surface area (Å²) in [6.07, 6.45) is 12.8. The number of hydrogen-bond donors (Lipinski definition) is 2. The van der Waals surface area contributed by atoms with Crippen LogP contribution in [0.5, 0.6) is 0 Å². The van der Waals surface area contributed by atoms with Gasteiger partial charge in [0.2, 0.25) is 0 Å². The largest absolute Gasteiger partial charge is 0.445 e. The average molecular weight is 595 g/mol. The molecule has 2 saturated carbocycles. The number of hydrogen-bond acceptors (Lipinski definition) is 8. The van der Waals surface area contributed by atoms with Crippen molar-refractivity contribution in [3.63, 3.8) is 0 Å². The summed E-state index contributed by atoms with van der Waals surface area (Å²) in [7, 11) is 0. The molecule has 242 valence electrons. The van der Waals surface area contributed by atoms with Crippen LogP contribution < -0.4 is 10.9 Å². The van der Waals surface area contributed by atoms with E-state index in [4.69, 9.17) is 19.1 Å². The predicted octanol–water partition coefficient (Wildman–Crippen LogP) is 6.93. The van der Waals surface area contributed by atoms with Crippen molar-refractivity contribution in [3.8, 4) is 0 Å². The number of hydroxylamine groups is 4. The second-order valence-electron chi connectivity index (χ2n) is 15.7. The van der Waals surface area contributed by atoms with Gasteiger partial charge in [0.15, 0.2) is 0 Å². The number of rotatable bonds is 6. The highest BCUT2D eigenvalue weighted by Gasteiger charge is 2.50. The molecule has 10 heteroatoms. The van der Waals surface area contributed by atoms with Gasteiger partial charge in [-0.2, -0.15) is 10.1 Å². The summed E-state index contributed by atoms with van der Waals surface area (Å²) < 4.78 is 11.5. The maximum Gasteiger partial charge on any atom is 0.426 e. The minimum Gasteiger partial charge on any atom is -0.445 e. The average Bonchev–Trinajstić information content (AvgIpc) is 2.87. The third-order valence-electron chi connectivity index (χ3n) is 9.54. The quantitative estimate of drug-likeness (QED) is 0.320. The van der Waals surface area contributed by atoms with E-state index in [1.165, 1.54) is 38.5 Å². The van der Waals surface area contributed by atoms with E-state index >= 15 is 0 Å². The van der Waals surface area contributed by atoms with Crippen molar-refractivity contribution >= 4 is 12.2 Å². The maximum absolute atomic E-state index is 12.7. The maximum atomic E-state index is 12.7. The van der Waals surface area contributed by atoms with E-state index < -0.39 is 12.2 Å². The van der Waals surface area contributed by atoms with Crippen LogP contribution in [0.1, 0.15) is 145 Å². The van der Waals surface area contributed by atoms with E-state index in [-0.39, 0.29) is 46.6 Å². The molecule has 0 aromatic carbocycles. The van der Waals surface area contributed by atoms with Crippen LogP contribution in [-0.4, -0.2) is 68.9 Å². The summed E-state index contributed by atoms with van der Waals surface area (Å²) in [4.78, 5) is 38.5. The number of nitrogens with one attached hydrogen (secondary N) is 2. The smallest absolute Gasteiger partial charge is 0.426 e. The molecule has 2 saturated heterocycles. The van der Waals surface area contributed by atoms with E-state index in [2.05, 4.69) is 76.4 Å². The molecule has 2 heterocycles. The highest BCUT2D eigenvalue weighted by atomic mass is 16.7. The Kier molecular flexibility index (Phi) is 10.4. The fourth-order valence-electron chi connectivity index (χ4n) is 8.18. The normalized spacial score (nSPS) is 27.7. The molecule has 4 fully saturated rings. The van der Waals surface area contributed by atoms with E-state index in [0.717, 1.165) is 25.7 Å². The Morgan fingerprint density at radius 2 is 0.786 bits per heavy atom. The first-order valence-corrected chi connectivity index (χ1v) is 16.4. The Morgan fingerprint density at radius 3 is 1.07 bits per heavy atom. The van der Waals surface area contributed by atoms with E-state index in [0.29, 0.717) is 25.7 Å². The standard InChI is InChI=1S/C32H58N4O6/c1-29(2)19-25(20-30(3,4)35(29)41-23-15-11-9-12-16-23)39-27(37)33-34-28(38)40-26-21-31(5,6)36(32(7,8)22-26)42-24-17-13-10-14-18-24/h23-26H,9-22H2,1-8H3,(H,33,37)(H,34,38). The molecule has 4 aliphatic rings. The second kappa shape index (κ2) is 13.2. The Labute approximate surface area is 253 Å². The van der Waals surface area contributed by atoms with Crippen LogP contribution in [0.3, 0.4) is 0 Å². The molecule has 0 atom stereocenters. The number of nitrogens with zero attached hydrogens (tertiary/aromatic N) is 2. The highest BCUT2D eigenvalue weighted by molar-refractivity contribution is 5.73. The molecular formula is C32H58N4O6. The molecule has 2 N–H and O–H groups in total. The fourth-order valence-corrected chi connectivity index (χ4v) is 8.18. The molecule has 0 unspecified atom stereocenters. The molecule has 0 radical (unpaired) electrons. The van der Waals surface area contributed by atoms with Crippen molar-refractivity contribution in [1.82, 2.24) is 21.0 Å². The number of hydrazine groups is 1. The van der Waals surface area contributed by atoms with Gasteiger partial charge in [-0.15, -0.1) is 0 Å². The van der Waals surface area contributed by atoms with Crippen molar-refractivity contribution in [2.24, 2.45) is 0 Å². The molecule has 2 amide bonds. The van der Waals surface area contributed by atoms with Gasteiger partial charge in [-0.3, -0.25) is 9.68 Å². The first-order valence-electron chi connectivity index (χ1n) is 16.4. The fraction of sp³-hybridized carbons (Fsp3) is 0.938. The zero-order valence-corrected chi connectivity index (χ0v) is 27.6. The zero-order chi connectivity index (χ0) is 30.8. The summed E-state index contributed by atoms with van der Waals surface area (Å²) in [5, 5.41) is 4.27. The lowest BCUT2D eigenvalue weighted by molar-refractivity contribution is -0.317. The van der Waals surface area contributed by atoms with Gasteiger partial charge < -0.3 is 9.47 Å². The number of piperidine rings is 2. The van der Waals surface area contributed by atoms with Crippen LogP contribution in [0.25, 0.3) is 0 Å².